The smallest absolute Gasteiger partial charge is 0.130 e. The van der Waals surface area contributed by atoms with Gasteiger partial charge in [-0.1, -0.05) is 25.4 Å². The van der Waals surface area contributed by atoms with Gasteiger partial charge in [-0.05, 0) is 38.5 Å². The molecule has 0 fully saturated rings. The molecule has 0 saturated heterocycles. The van der Waals surface area contributed by atoms with E-state index in [4.69, 9.17) is 11.6 Å². The molecule has 15 heavy (non-hydrogen) atoms. The Morgan fingerprint density at radius 2 is 1.93 bits per heavy atom. The molecule has 1 aromatic rings. The fourth-order valence-electron chi connectivity index (χ4n) is 2.41. The van der Waals surface area contributed by atoms with Gasteiger partial charge in [0, 0.05) is 5.56 Å². The van der Waals surface area contributed by atoms with Crippen molar-refractivity contribution in [3.8, 4) is 0 Å². The van der Waals surface area contributed by atoms with Gasteiger partial charge in [-0.2, -0.15) is 5.10 Å². The predicted octanol–water partition coefficient (Wildman–Crippen LogP) is 3.78. The topological polar surface area (TPSA) is 17.8 Å². The first-order chi connectivity index (χ1) is 7.27. The van der Waals surface area contributed by atoms with Gasteiger partial charge in [0.25, 0.3) is 0 Å². The molecule has 0 unspecified atom stereocenters. The Morgan fingerprint density at radius 3 is 2.53 bits per heavy atom. The van der Waals surface area contributed by atoms with Gasteiger partial charge in [-0.15, -0.1) is 0 Å². The van der Waals surface area contributed by atoms with Gasteiger partial charge in [0.1, 0.15) is 5.15 Å². The highest BCUT2D eigenvalue weighted by Gasteiger charge is 2.21. The Kier molecular flexibility index (Phi) is 3.35. The summed E-state index contributed by atoms with van der Waals surface area (Å²) < 4.78 is 2.05. The summed E-state index contributed by atoms with van der Waals surface area (Å²) in [7, 11) is 0. The number of nitrogens with zero attached hydrogens (tertiary/aromatic N) is 2. The second-order valence-corrected chi connectivity index (χ2v) is 4.70. The molecule has 0 atom stereocenters. The van der Waals surface area contributed by atoms with E-state index in [1.54, 1.807) is 0 Å². The van der Waals surface area contributed by atoms with E-state index >= 15 is 0 Å². The Labute approximate surface area is 96.6 Å². The van der Waals surface area contributed by atoms with Crippen molar-refractivity contribution in [1.29, 1.82) is 0 Å². The fourth-order valence-corrected chi connectivity index (χ4v) is 2.79. The highest BCUT2D eigenvalue weighted by molar-refractivity contribution is 6.30. The van der Waals surface area contributed by atoms with Crippen LogP contribution in [0.1, 0.15) is 56.8 Å². The average molecular weight is 227 g/mol. The summed E-state index contributed by atoms with van der Waals surface area (Å²) in [6, 6.07) is 0.475. The van der Waals surface area contributed by atoms with Gasteiger partial charge in [0.05, 0.1) is 11.7 Å². The summed E-state index contributed by atoms with van der Waals surface area (Å²) in [4.78, 5) is 0. The average Bonchev–Trinajstić information content (AvgIpc) is 2.60. The molecule has 1 aliphatic carbocycles. The van der Waals surface area contributed by atoms with E-state index in [1.165, 1.54) is 24.1 Å². The SMILES string of the molecule is CCC(CC)n1nc2c(c1Cl)CCCC2. The molecule has 1 aliphatic rings. The van der Waals surface area contributed by atoms with Crippen molar-refractivity contribution in [2.75, 3.05) is 0 Å². The standard InChI is InChI=1S/C12H19ClN2/c1-3-9(4-2)15-12(13)10-7-5-6-8-11(10)14-15/h9H,3-8H2,1-2H3. The van der Waals surface area contributed by atoms with Crippen molar-refractivity contribution in [3.05, 3.63) is 16.4 Å². The highest BCUT2D eigenvalue weighted by Crippen LogP contribution is 2.31. The Balaban J connectivity index is 2.36. The second-order valence-electron chi connectivity index (χ2n) is 4.34. The highest BCUT2D eigenvalue weighted by atomic mass is 35.5. The molecule has 1 heterocycles. The number of hydrogen-bond donors (Lipinski definition) is 0. The van der Waals surface area contributed by atoms with E-state index in [-0.39, 0.29) is 0 Å². The molecule has 84 valence electrons. The van der Waals surface area contributed by atoms with Crippen LogP contribution in [0.5, 0.6) is 0 Å². The largest absolute Gasteiger partial charge is 0.250 e. The van der Waals surface area contributed by atoms with Crippen LogP contribution in [0.3, 0.4) is 0 Å². The maximum atomic E-state index is 6.40. The minimum Gasteiger partial charge on any atom is -0.250 e. The van der Waals surface area contributed by atoms with E-state index in [0.29, 0.717) is 6.04 Å². The van der Waals surface area contributed by atoms with Crippen molar-refractivity contribution in [2.45, 2.75) is 58.4 Å². The van der Waals surface area contributed by atoms with Crippen molar-refractivity contribution in [1.82, 2.24) is 9.78 Å². The van der Waals surface area contributed by atoms with Crippen molar-refractivity contribution in [3.63, 3.8) is 0 Å². The van der Waals surface area contributed by atoms with Crippen LogP contribution in [0.4, 0.5) is 0 Å². The molecular formula is C12H19ClN2. The second kappa shape index (κ2) is 4.56. The molecule has 0 aromatic carbocycles. The minimum atomic E-state index is 0.475. The number of fused-ring (bicyclic) bond motifs is 1. The monoisotopic (exact) mass is 226 g/mol. The summed E-state index contributed by atoms with van der Waals surface area (Å²) in [6.45, 7) is 4.40. The molecule has 0 radical (unpaired) electrons. The molecule has 0 spiro atoms. The van der Waals surface area contributed by atoms with Crippen LogP contribution in [0.2, 0.25) is 5.15 Å². The normalized spacial score (nSPS) is 15.7. The molecule has 2 rings (SSSR count). The number of rotatable bonds is 3. The van der Waals surface area contributed by atoms with Crippen LogP contribution in [0.25, 0.3) is 0 Å². The quantitative estimate of drug-likeness (QED) is 0.767. The first-order valence-electron chi connectivity index (χ1n) is 6.03. The number of hydrogen-bond acceptors (Lipinski definition) is 1. The number of aryl methyl sites for hydroxylation is 1. The molecule has 0 N–H and O–H groups in total. The lowest BCUT2D eigenvalue weighted by Gasteiger charge is -2.14. The third-order valence-electron chi connectivity index (χ3n) is 3.41. The lowest BCUT2D eigenvalue weighted by Crippen LogP contribution is -2.09. The lowest BCUT2D eigenvalue weighted by atomic mass is 9.98. The van der Waals surface area contributed by atoms with Gasteiger partial charge >= 0.3 is 0 Å². The van der Waals surface area contributed by atoms with Gasteiger partial charge in [0.15, 0.2) is 0 Å². The third kappa shape index (κ3) is 1.92. The Hall–Kier alpha value is -0.500. The zero-order valence-corrected chi connectivity index (χ0v) is 10.3. The van der Waals surface area contributed by atoms with Crippen LogP contribution in [-0.4, -0.2) is 9.78 Å². The molecule has 3 heteroatoms. The molecule has 2 nitrogen and oxygen atoms in total. The summed E-state index contributed by atoms with van der Waals surface area (Å²) in [5.41, 5.74) is 2.56. The van der Waals surface area contributed by atoms with Gasteiger partial charge in [-0.3, -0.25) is 4.68 Å². The minimum absolute atomic E-state index is 0.475. The molecule has 0 amide bonds. The summed E-state index contributed by atoms with van der Waals surface area (Å²) in [5, 5.41) is 5.58. The summed E-state index contributed by atoms with van der Waals surface area (Å²) >= 11 is 6.40. The van der Waals surface area contributed by atoms with Crippen LogP contribution in [0.15, 0.2) is 0 Å². The maximum Gasteiger partial charge on any atom is 0.130 e. The number of halogens is 1. The van der Waals surface area contributed by atoms with E-state index in [0.717, 1.165) is 30.8 Å². The van der Waals surface area contributed by atoms with Crippen molar-refractivity contribution >= 4 is 11.6 Å². The summed E-state index contributed by atoms with van der Waals surface area (Å²) in [6.07, 6.45) is 6.98. The zero-order valence-electron chi connectivity index (χ0n) is 9.59. The molecule has 0 saturated carbocycles. The molecular weight excluding hydrogens is 208 g/mol. The van der Waals surface area contributed by atoms with E-state index in [9.17, 15) is 0 Å². The Bertz CT molecular complexity index is 340. The first-order valence-corrected chi connectivity index (χ1v) is 6.41. The van der Waals surface area contributed by atoms with Gasteiger partial charge < -0.3 is 0 Å². The Morgan fingerprint density at radius 1 is 1.27 bits per heavy atom. The van der Waals surface area contributed by atoms with E-state index in [1.807, 2.05) is 0 Å². The first kappa shape index (κ1) is 11.0. The molecule has 1 aromatic heterocycles. The van der Waals surface area contributed by atoms with Crippen molar-refractivity contribution in [2.24, 2.45) is 0 Å². The van der Waals surface area contributed by atoms with Crippen LogP contribution in [0, 0.1) is 0 Å². The van der Waals surface area contributed by atoms with Gasteiger partial charge in [-0.25, -0.2) is 0 Å². The van der Waals surface area contributed by atoms with Gasteiger partial charge in [0.2, 0.25) is 0 Å². The van der Waals surface area contributed by atoms with E-state index < -0.39 is 0 Å². The van der Waals surface area contributed by atoms with Crippen LogP contribution in [-0.2, 0) is 12.8 Å². The maximum absolute atomic E-state index is 6.40. The van der Waals surface area contributed by atoms with Crippen molar-refractivity contribution < 1.29 is 0 Å². The third-order valence-corrected chi connectivity index (χ3v) is 3.81. The van der Waals surface area contributed by atoms with E-state index in [2.05, 4.69) is 23.6 Å². The van der Waals surface area contributed by atoms with Crippen LogP contribution < -0.4 is 0 Å². The summed E-state index contributed by atoms with van der Waals surface area (Å²) in [5.74, 6) is 0. The molecule has 0 aliphatic heterocycles. The fraction of sp³-hybridized carbons (Fsp3) is 0.750. The zero-order chi connectivity index (χ0) is 10.8. The lowest BCUT2D eigenvalue weighted by molar-refractivity contribution is 0.426. The molecule has 0 bridgehead atoms. The number of aromatic nitrogens is 2. The van der Waals surface area contributed by atoms with Crippen LogP contribution >= 0.6 is 11.6 Å². The predicted molar refractivity (Wildman–Crippen MR) is 63.5 cm³/mol.